The van der Waals surface area contributed by atoms with Crippen molar-refractivity contribution in [1.82, 2.24) is 15.5 Å². The number of likely N-dealkylation sites (tertiary alicyclic amines) is 1. The Kier molecular flexibility index (Phi) is 11.2. The number of benzene rings is 3. The molecule has 246 valence electrons. The molecule has 0 radical (unpaired) electrons. The second kappa shape index (κ2) is 14.9. The minimum absolute atomic E-state index is 0.0164. The first-order valence-electron chi connectivity index (χ1n) is 14.9. The normalized spacial score (nSPS) is 16.8. The minimum atomic E-state index is -3.34. The van der Waals surface area contributed by atoms with E-state index in [2.05, 4.69) is 10.6 Å². The number of aryl methyl sites for hydroxylation is 2. The highest BCUT2D eigenvalue weighted by molar-refractivity contribution is 6.30. The van der Waals surface area contributed by atoms with Gasteiger partial charge >= 0.3 is 0 Å². The van der Waals surface area contributed by atoms with Crippen LogP contribution in [0, 0.1) is 13.8 Å². The van der Waals surface area contributed by atoms with Crippen molar-refractivity contribution in [2.45, 2.75) is 57.3 Å². The van der Waals surface area contributed by atoms with Crippen LogP contribution < -0.4 is 20.3 Å². The van der Waals surface area contributed by atoms with Crippen molar-refractivity contribution in [3.63, 3.8) is 0 Å². The number of aliphatic hydroxyl groups is 1. The van der Waals surface area contributed by atoms with Crippen LogP contribution in [0.25, 0.3) is 0 Å². The number of rotatable bonds is 12. The first-order chi connectivity index (χ1) is 21.7. The Morgan fingerprint density at radius 1 is 1.04 bits per heavy atom. The van der Waals surface area contributed by atoms with Gasteiger partial charge in [0, 0.05) is 37.8 Å². The second-order valence-corrected chi connectivity index (χ2v) is 12.2. The van der Waals surface area contributed by atoms with Crippen molar-refractivity contribution in [3.8, 4) is 5.75 Å². The van der Waals surface area contributed by atoms with E-state index in [-0.39, 0.29) is 13.0 Å². The van der Waals surface area contributed by atoms with E-state index in [0.29, 0.717) is 21.2 Å². The number of nitrogens with zero attached hydrogens (tertiary/aromatic N) is 2. The first-order valence-corrected chi connectivity index (χ1v) is 15.2. The molecule has 0 spiro atoms. The zero-order valence-corrected chi connectivity index (χ0v) is 27.0. The molecule has 3 atom stereocenters. The van der Waals surface area contributed by atoms with Gasteiger partial charge < -0.3 is 30.3 Å². The number of aliphatic hydroxyl groups excluding tert-OH is 1. The van der Waals surface area contributed by atoms with Gasteiger partial charge in [-0.2, -0.15) is 0 Å². The monoisotopic (exact) mass is 656 g/mol. The molecule has 3 aromatic carbocycles. The Hall–Kier alpha value is -4.22. The molecule has 3 N–H and O–H groups in total. The fourth-order valence-electron chi connectivity index (χ4n) is 5.46. The van der Waals surface area contributed by atoms with Crippen molar-refractivity contribution in [1.29, 1.82) is 0 Å². The maximum atomic E-state index is 14.7. The van der Waals surface area contributed by atoms with Crippen LogP contribution in [0.4, 0.5) is 14.5 Å². The Morgan fingerprint density at radius 3 is 2.28 bits per heavy atom. The third-order valence-electron chi connectivity index (χ3n) is 7.83. The third kappa shape index (κ3) is 8.95. The molecule has 1 saturated heterocycles. The lowest BCUT2D eigenvalue weighted by atomic mass is 9.99. The Balaban J connectivity index is 1.47. The van der Waals surface area contributed by atoms with Crippen LogP contribution in [-0.4, -0.2) is 79.1 Å². The molecule has 46 heavy (non-hydrogen) atoms. The van der Waals surface area contributed by atoms with Gasteiger partial charge in [-0.15, -0.1) is 0 Å². The SMILES string of the molecule is Cc1cc(Cl)cc(C)c1OCC(=O)N[C@@H](Cc1ccccc1)[C@H](O)C(=O)N1CC(F)(F)C[C@H]1C(=O)NCc1ccc(N(C)C)cc1. The summed E-state index contributed by atoms with van der Waals surface area (Å²) in [4.78, 5) is 42.4. The summed E-state index contributed by atoms with van der Waals surface area (Å²) in [5, 5.41) is 17.1. The highest BCUT2D eigenvalue weighted by atomic mass is 35.5. The predicted molar refractivity (Wildman–Crippen MR) is 172 cm³/mol. The van der Waals surface area contributed by atoms with E-state index in [0.717, 1.165) is 22.4 Å². The van der Waals surface area contributed by atoms with E-state index >= 15 is 0 Å². The van der Waals surface area contributed by atoms with Crippen LogP contribution in [-0.2, 0) is 27.3 Å². The van der Waals surface area contributed by atoms with Gasteiger partial charge in [-0.05, 0) is 66.8 Å². The van der Waals surface area contributed by atoms with Crippen LogP contribution >= 0.6 is 11.6 Å². The van der Waals surface area contributed by atoms with Gasteiger partial charge in [-0.3, -0.25) is 14.4 Å². The molecule has 1 aliphatic heterocycles. The summed E-state index contributed by atoms with van der Waals surface area (Å²) in [7, 11) is 3.79. The van der Waals surface area contributed by atoms with Gasteiger partial charge in [-0.1, -0.05) is 54.1 Å². The van der Waals surface area contributed by atoms with Crippen LogP contribution in [0.1, 0.15) is 28.7 Å². The molecular weight excluding hydrogens is 618 g/mol. The van der Waals surface area contributed by atoms with Crippen molar-refractivity contribution in [2.24, 2.45) is 0 Å². The molecule has 0 bridgehead atoms. The number of anilines is 1. The first kappa shape index (κ1) is 34.6. The van der Waals surface area contributed by atoms with Gasteiger partial charge in [0.15, 0.2) is 12.7 Å². The predicted octanol–water partition coefficient (Wildman–Crippen LogP) is 4.04. The smallest absolute Gasteiger partial charge is 0.267 e. The standard InChI is InChI=1S/C34H39ClF2N4O5/c1-21-14-25(35)15-22(2)31(21)46-19-29(42)39-27(16-23-8-6-5-7-9-23)30(43)33(45)41-20-34(36,37)17-28(41)32(44)38-18-24-10-12-26(13-11-24)40(3)4/h5-15,27-28,30,43H,16-20H2,1-4H3,(H,38,44)(H,39,42)/t27-,28-,30-/m0/s1. The number of amides is 3. The van der Waals surface area contributed by atoms with E-state index in [1.165, 1.54) is 0 Å². The molecule has 0 saturated carbocycles. The van der Waals surface area contributed by atoms with Crippen LogP contribution in [0.5, 0.6) is 5.75 Å². The fraction of sp³-hybridized carbons (Fsp3) is 0.382. The van der Waals surface area contributed by atoms with Crippen LogP contribution in [0.2, 0.25) is 5.02 Å². The summed E-state index contributed by atoms with van der Waals surface area (Å²) < 4.78 is 35.1. The molecule has 1 heterocycles. The summed E-state index contributed by atoms with van der Waals surface area (Å²) in [6, 6.07) is 16.8. The number of nitrogens with one attached hydrogen (secondary N) is 2. The molecule has 9 nitrogen and oxygen atoms in total. The van der Waals surface area contributed by atoms with Gasteiger partial charge in [0.25, 0.3) is 17.7 Å². The highest BCUT2D eigenvalue weighted by Crippen LogP contribution is 2.33. The fourth-order valence-corrected chi connectivity index (χ4v) is 5.79. The Morgan fingerprint density at radius 2 is 1.67 bits per heavy atom. The maximum Gasteiger partial charge on any atom is 0.267 e. The van der Waals surface area contributed by atoms with Crippen molar-refractivity contribution < 1.29 is 33.0 Å². The lowest BCUT2D eigenvalue weighted by Crippen LogP contribution is -2.56. The van der Waals surface area contributed by atoms with E-state index < -0.39 is 61.4 Å². The summed E-state index contributed by atoms with van der Waals surface area (Å²) in [5.74, 6) is -5.36. The minimum Gasteiger partial charge on any atom is -0.483 e. The quantitative estimate of drug-likeness (QED) is 0.272. The van der Waals surface area contributed by atoms with E-state index in [9.17, 15) is 28.3 Å². The van der Waals surface area contributed by atoms with Gasteiger partial charge in [0.1, 0.15) is 11.8 Å². The van der Waals surface area contributed by atoms with E-state index in [1.54, 1.807) is 56.3 Å². The second-order valence-electron chi connectivity index (χ2n) is 11.8. The topological polar surface area (TPSA) is 111 Å². The Labute approximate surface area is 272 Å². The molecule has 3 amide bonds. The molecule has 0 aliphatic carbocycles. The van der Waals surface area contributed by atoms with Gasteiger partial charge in [0.2, 0.25) is 5.91 Å². The summed E-state index contributed by atoms with van der Waals surface area (Å²) in [6.45, 7) is 2.16. The van der Waals surface area contributed by atoms with Gasteiger partial charge in [-0.25, -0.2) is 8.78 Å². The van der Waals surface area contributed by atoms with Crippen LogP contribution in [0.15, 0.2) is 66.7 Å². The Bertz CT molecular complexity index is 1520. The summed E-state index contributed by atoms with van der Waals surface area (Å²) in [6.07, 6.45) is -2.80. The average Bonchev–Trinajstić information content (AvgIpc) is 3.34. The van der Waals surface area contributed by atoms with Crippen molar-refractivity contribution in [3.05, 3.63) is 94.0 Å². The largest absolute Gasteiger partial charge is 0.483 e. The van der Waals surface area contributed by atoms with Crippen molar-refractivity contribution in [2.75, 3.05) is 32.1 Å². The van der Waals surface area contributed by atoms with Crippen LogP contribution in [0.3, 0.4) is 0 Å². The van der Waals surface area contributed by atoms with Crippen molar-refractivity contribution >= 4 is 35.0 Å². The zero-order valence-electron chi connectivity index (χ0n) is 26.2. The number of carbonyl (C=O) groups is 3. The summed E-state index contributed by atoms with van der Waals surface area (Å²) in [5.41, 5.74) is 3.83. The molecular formula is C34H39ClF2N4O5. The lowest BCUT2D eigenvalue weighted by Gasteiger charge is -2.30. The lowest BCUT2D eigenvalue weighted by molar-refractivity contribution is -0.147. The zero-order chi connectivity index (χ0) is 33.6. The van der Waals surface area contributed by atoms with Gasteiger partial charge in [0.05, 0.1) is 12.6 Å². The summed E-state index contributed by atoms with van der Waals surface area (Å²) >= 11 is 6.08. The number of carbonyl (C=O) groups excluding carboxylic acids is 3. The molecule has 0 aromatic heterocycles. The molecule has 4 rings (SSSR count). The molecule has 1 fully saturated rings. The maximum absolute atomic E-state index is 14.7. The number of alkyl halides is 2. The third-order valence-corrected chi connectivity index (χ3v) is 8.04. The number of hydrogen-bond donors (Lipinski definition) is 3. The number of hydrogen-bond acceptors (Lipinski definition) is 6. The molecule has 12 heteroatoms. The number of halogens is 3. The average molecular weight is 657 g/mol. The highest BCUT2D eigenvalue weighted by Gasteiger charge is 2.51. The van der Waals surface area contributed by atoms with E-state index in [1.807, 2.05) is 43.3 Å². The van der Waals surface area contributed by atoms with E-state index in [4.69, 9.17) is 16.3 Å². The molecule has 0 unspecified atom stereocenters. The molecule has 3 aromatic rings. The molecule has 1 aliphatic rings. The number of ether oxygens (including phenoxy) is 1.